The van der Waals surface area contributed by atoms with Gasteiger partial charge in [0.15, 0.2) is 0 Å². The summed E-state index contributed by atoms with van der Waals surface area (Å²) in [6.07, 6.45) is 1.56. The lowest BCUT2D eigenvalue weighted by molar-refractivity contribution is -0.117. The van der Waals surface area contributed by atoms with E-state index in [1.807, 2.05) is 0 Å². The molecule has 0 saturated carbocycles. The van der Waals surface area contributed by atoms with Crippen molar-refractivity contribution in [3.63, 3.8) is 0 Å². The van der Waals surface area contributed by atoms with Crippen LogP contribution in [0.2, 0.25) is 10.0 Å². The second-order valence-corrected chi connectivity index (χ2v) is 13.9. The van der Waals surface area contributed by atoms with Crippen LogP contribution in [-0.2, 0) is 30.4 Å². The Morgan fingerprint density at radius 2 is 1.65 bits per heavy atom. The van der Waals surface area contributed by atoms with Crippen LogP contribution in [0.15, 0.2) is 58.7 Å². The topological polar surface area (TPSA) is 169 Å². The molecule has 0 unspecified atom stereocenters. The quantitative estimate of drug-likeness (QED) is 0.231. The van der Waals surface area contributed by atoms with Crippen molar-refractivity contribution in [2.45, 2.75) is 72.6 Å². The predicted molar refractivity (Wildman–Crippen MR) is 195 cm³/mol. The molecule has 0 atom stereocenters. The fourth-order valence-corrected chi connectivity index (χ4v) is 4.85. The van der Waals surface area contributed by atoms with Crippen LogP contribution in [-0.4, -0.2) is 78.1 Å². The van der Waals surface area contributed by atoms with Crippen molar-refractivity contribution in [2.75, 3.05) is 31.6 Å². The summed E-state index contributed by atoms with van der Waals surface area (Å²) in [5.74, 6) is -0.907. The highest BCUT2D eigenvalue weighted by atomic mass is 35.5. The lowest BCUT2D eigenvalue weighted by atomic mass is 10.1. The maximum atomic E-state index is 13.2. The van der Waals surface area contributed by atoms with Crippen LogP contribution in [0, 0.1) is 0 Å². The smallest absolute Gasteiger partial charge is 0.414 e. The molecule has 14 nitrogen and oxygen atoms in total. The van der Waals surface area contributed by atoms with Crippen LogP contribution in [0.25, 0.3) is 0 Å². The number of halogens is 2. The average molecular weight is 748 g/mol. The van der Waals surface area contributed by atoms with Gasteiger partial charge < -0.3 is 29.7 Å². The minimum atomic E-state index is -0.849. The third-order valence-corrected chi connectivity index (χ3v) is 6.91. The van der Waals surface area contributed by atoms with Crippen LogP contribution < -0.4 is 20.7 Å². The van der Waals surface area contributed by atoms with Gasteiger partial charge in [0.2, 0.25) is 11.9 Å². The number of benzene rings is 2. The lowest BCUT2D eigenvalue weighted by Crippen LogP contribution is -2.43. The summed E-state index contributed by atoms with van der Waals surface area (Å²) < 4.78 is 16.7. The molecule has 0 aliphatic carbocycles. The van der Waals surface area contributed by atoms with Crippen LogP contribution in [0.1, 0.15) is 66.0 Å². The molecule has 4 aliphatic rings. The number of aliphatic imine (C=N–C) groups is 1. The van der Waals surface area contributed by atoms with Crippen molar-refractivity contribution < 1.29 is 38.2 Å². The van der Waals surface area contributed by atoms with Crippen LogP contribution >= 0.6 is 23.2 Å². The number of nitrogens with one attached hydrogen (secondary N) is 3. The number of carbonyl (C=O) groups is 4. The molecule has 3 N–H and O–H groups in total. The summed E-state index contributed by atoms with van der Waals surface area (Å²) in [6.45, 7) is 12.1. The Bertz CT molecular complexity index is 1640. The highest BCUT2D eigenvalue weighted by molar-refractivity contribution is 6.40. The number of amides is 4. The van der Waals surface area contributed by atoms with Gasteiger partial charge in [-0.05, 0) is 96.5 Å². The van der Waals surface area contributed by atoms with E-state index >= 15 is 0 Å². The molecule has 0 aromatic heterocycles. The zero-order chi connectivity index (χ0) is 37.8. The number of alkyl carbamates (subject to hydrolysis) is 1. The minimum absolute atomic E-state index is 0.00428. The summed E-state index contributed by atoms with van der Waals surface area (Å²) in [7, 11) is 0. The molecule has 51 heavy (non-hydrogen) atoms. The third kappa shape index (κ3) is 14.5. The second kappa shape index (κ2) is 18.4. The van der Waals surface area contributed by atoms with E-state index in [0.717, 1.165) is 0 Å². The molecule has 2 aromatic rings. The fourth-order valence-electron chi connectivity index (χ4n) is 4.22. The van der Waals surface area contributed by atoms with Crippen molar-refractivity contribution in [2.24, 2.45) is 10.1 Å². The first-order valence-electron chi connectivity index (χ1n) is 16.1. The zero-order valence-corrected chi connectivity index (χ0v) is 31.2. The van der Waals surface area contributed by atoms with Gasteiger partial charge in [0.25, 0.3) is 5.91 Å². The predicted octanol–water partition coefficient (Wildman–Crippen LogP) is 6.45. The molecule has 4 amide bonds. The first-order valence-corrected chi connectivity index (χ1v) is 16.9. The van der Waals surface area contributed by atoms with Gasteiger partial charge in [-0.2, -0.15) is 4.99 Å². The number of carbonyl (C=O) groups excluding carboxylic acids is 4. The largest absolute Gasteiger partial charge is 0.490 e. The van der Waals surface area contributed by atoms with Gasteiger partial charge in [-0.3, -0.25) is 19.8 Å². The Hall–Kier alpha value is -4.82. The van der Waals surface area contributed by atoms with E-state index in [-0.39, 0.29) is 61.0 Å². The Morgan fingerprint density at radius 3 is 2.25 bits per heavy atom. The molecular formula is C35H44Cl2N6O8. The van der Waals surface area contributed by atoms with E-state index in [9.17, 15) is 19.2 Å². The standard InChI is InChI=1S/C35H44Cl2N6O8/c1-8-49-42-27-19-28(44)40-31(41-32(46)50-34(2,3)4)38-20-22-17-25(36)30(26(37)18-22)39-29(45)21-43(33(47)51-35(5,6)7)15-9-10-16-48-24-13-11-23(27)12-14-24/h9-14,17-18H,8,15-16,19-21H2,1-7H3,(H,39,45)(H2,38,40,41,44,46). The van der Waals surface area contributed by atoms with E-state index in [1.165, 1.54) is 17.0 Å². The van der Waals surface area contributed by atoms with Gasteiger partial charge in [-0.1, -0.05) is 34.4 Å². The zero-order valence-electron chi connectivity index (χ0n) is 29.7. The molecule has 0 fully saturated rings. The molecule has 0 spiro atoms. The van der Waals surface area contributed by atoms with E-state index in [2.05, 4.69) is 26.1 Å². The van der Waals surface area contributed by atoms with Crippen LogP contribution in [0.3, 0.4) is 0 Å². The number of hydrogen-bond acceptors (Lipinski definition) is 10. The average Bonchev–Trinajstić information content (AvgIpc) is 3.01. The normalized spacial score (nSPS) is 17.0. The molecule has 4 heterocycles. The van der Waals surface area contributed by atoms with Crippen molar-refractivity contribution in [3.05, 3.63) is 69.7 Å². The number of hydrogen-bond donors (Lipinski definition) is 3. The van der Waals surface area contributed by atoms with Gasteiger partial charge in [0.05, 0.1) is 27.9 Å². The number of anilines is 1. The SMILES string of the molecule is CCON=C1CC(=O)/N=C(\NC(=O)OC(C)(C)C)NCc2cc(Cl)c(c(Cl)c2)NC(=O)CN(C(=O)OC(C)(C)C)CC=CCOc2ccc1cc2. The summed E-state index contributed by atoms with van der Waals surface area (Å²) in [6, 6.07) is 9.90. The Balaban J connectivity index is 2.00. The molecule has 6 rings (SSSR count). The highest BCUT2D eigenvalue weighted by Gasteiger charge is 2.24. The van der Waals surface area contributed by atoms with E-state index in [1.54, 1.807) is 84.9 Å². The number of nitrogens with zero attached hydrogens (tertiary/aromatic N) is 3. The molecule has 0 saturated heterocycles. The number of ether oxygens (including phenoxy) is 3. The number of guanidine groups is 1. The third-order valence-electron chi connectivity index (χ3n) is 6.32. The lowest BCUT2D eigenvalue weighted by Gasteiger charge is -2.26. The van der Waals surface area contributed by atoms with Crippen LogP contribution in [0.5, 0.6) is 5.75 Å². The van der Waals surface area contributed by atoms with E-state index in [4.69, 9.17) is 42.3 Å². The van der Waals surface area contributed by atoms with E-state index in [0.29, 0.717) is 22.6 Å². The summed E-state index contributed by atoms with van der Waals surface area (Å²) >= 11 is 13.1. The molecule has 276 valence electrons. The van der Waals surface area contributed by atoms with Gasteiger partial charge in [0.1, 0.15) is 36.7 Å². The summed E-state index contributed by atoms with van der Waals surface area (Å²) in [5.41, 5.74) is -0.111. The number of rotatable bonds is 2. The maximum Gasteiger partial charge on any atom is 0.414 e. The van der Waals surface area contributed by atoms with Crippen LogP contribution in [0.4, 0.5) is 15.3 Å². The van der Waals surface area contributed by atoms with Crippen molar-refractivity contribution in [3.8, 4) is 5.75 Å². The molecule has 2 aromatic carbocycles. The highest BCUT2D eigenvalue weighted by Crippen LogP contribution is 2.32. The maximum absolute atomic E-state index is 13.2. The summed E-state index contributed by atoms with van der Waals surface area (Å²) in [4.78, 5) is 62.6. The van der Waals surface area contributed by atoms with Crippen molar-refractivity contribution in [1.29, 1.82) is 0 Å². The molecule has 4 bridgehead atoms. The Kier molecular flexibility index (Phi) is 14.7. The van der Waals surface area contributed by atoms with Gasteiger partial charge in [0, 0.05) is 18.7 Å². The molecular weight excluding hydrogens is 703 g/mol. The molecule has 0 radical (unpaired) electrons. The Morgan fingerprint density at radius 1 is 1.00 bits per heavy atom. The monoisotopic (exact) mass is 746 g/mol. The second-order valence-electron chi connectivity index (χ2n) is 13.1. The first kappa shape index (κ1) is 40.6. The Labute approximate surface area is 307 Å². The van der Waals surface area contributed by atoms with Gasteiger partial charge in [-0.15, -0.1) is 0 Å². The fraction of sp³-hybridized carbons (Fsp3) is 0.429. The van der Waals surface area contributed by atoms with E-state index < -0.39 is 35.2 Å². The van der Waals surface area contributed by atoms with Crippen molar-refractivity contribution >= 4 is 64.6 Å². The van der Waals surface area contributed by atoms with Crippen molar-refractivity contribution in [1.82, 2.24) is 15.5 Å². The van der Waals surface area contributed by atoms with Gasteiger partial charge in [-0.25, -0.2) is 9.59 Å². The summed E-state index contributed by atoms with van der Waals surface area (Å²) in [5, 5.41) is 12.4. The van der Waals surface area contributed by atoms with Gasteiger partial charge >= 0.3 is 12.2 Å². The molecule has 4 aliphatic heterocycles. The minimum Gasteiger partial charge on any atom is -0.490 e. The number of oxime groups is 1. The first-order chi connectivity index (χ1) is 23.9. The molecule has 16 heteroatoms.